The average Bonchev–Trinajstić information content (AvgIpc) is 2.34. The molecular weight excluding hydrogens is 258 g/mol. The maximum atomic E-state index is 11.1. The number of amides is 1. The number of nitrogens with two attached hydrogens (primary N) is 1. The smallest absolute Gasteiger partial charge is 0.294 e. The fourth-order valence-corrected chi connectivity index (χ4v) is 2.13. The van der Waals surface area contributed by atoms with E-state index in [1.807, 2.05) is 0 Å². The van der Waals surface area contributed by atoms with E-state index in [0.717, 1.165) is 6.42 Å². The number of thioether (sulfide) groups is 1. The fourth-order valence-electron chi connectivity index (χ4n) is 1.21. The molecule has 0 spiro atoms. The highest BCUT2D eigenvalue weighted by molar-refractivity contribution is 7.99. The molecule has 1 amide bonds. The zero-order chi connectivity index (χ0) is 13.5. The molecular formula is C9H15N5O3S. The van der Waals surface area contributed by atoms with Crippen LogP contribution < -0.4 is 22.4 Å². The summed E-state index contributed by atoms with van der Waals surface area (Å²) in [5.41, 5.74) is 0.525. The van der Waals surface area contributed by atoms with Gasteiger partial charge in [-0.3, -0.25) is 29.6 Å². The van der Waals surface area contributed by atoms with Crippen molar-refractivity contribution in [2.45, 2.75) is 24.4 Å². The van der Waals surface area contributed by atoms with Gasteiger partial charge in [0.25, 0.3) is 0 Å². The Labute approximate surface area is 107 Å². The number of carbonyl (C=O) groups is 1. The molecule has 9 heteroatoms. The van der Waals surface area contributed by atoms with Crippen LogP contribution in [0.2, 0.25) is 0 Å². The van der Waals surface area contributed by atoms with Crippen molar-refractivity contribution in [2.24, 2.45) is 12.9 Å². The normalized spacial score (nSPS) is 10.3. The molecule has 0 unspecified atom stereocenters. The molecule has 100 valence electrons. The Morgan fingerprint density at radius 1 is 1.50 bits per heavy atom. The molecule has 0 aromatic carbocycles. The van der Waals surface area contributed by atoms with Gasteiger partial charge in [-0.1, -0.05) is 11.8 Å². The van der Waals surface area contributed by atoms with Crippen molar-refractivity contribution in [3.63, 3.8) is 0 Å². The largest absolute Gasteiger partial charge is 0.339 e. The lowest BCUT2D eigenvalue weighted by Gasteiger charge is -2.05. The van der Waals surface area contributed by atoms with Crippen molar-refractivity contribution in [1.29, 1.82) is 0 Å². The first-order chi connectivity index (χ1) is 8.54. The van der Waals surface area contributed by atoms with Crippen LogP contribution >= 0.6 is 11.8 Å². The van der Waals surface area contributed by atoms with Crippen LogP contribution in [0.4, 0.5) is 0 Å². The monoisotopic (exact) mass is 273 g/mol. The molecule has 1 aromatic rings. The first kappa shape index (κ1) is 14.5. The number of carbonyl (C=O) groups excluding carboxylic acids is 1. The molecule has 1 heterocycles. The summed E-state index contributed by atoms with van der Waals surface area (Å²) in [5, 5.41) is 2.81. The van der Waals surface area contributed by atoms with E-state index in [0.29, 0.717) is 23.8 Å². The summed E-state index contributed by atoms with van der Waals surface area (Å²) in [7, 11) is 1.61. The third-order valence-corrected chi connectivity index (χ3v) is 3.25. The van der Waals surface area contributed by atoms with E-state index in [-0.39, 0.29) is 5.91 Å². The van der Waals surface area contributed by atoms with Gasteiger partial charge in [-0.25, -0.2) is 5.84 Å². The van der Waals surface area contributed by atoms with Crippen LogP contribution in [0, 0.1) is 0 Å². The van der Waals surface area contributed by atoms with Crippen molar-refractivity contribution in [3.8, 4) is 0 Å². The minimum atomic E-state index is -0.793. The van der Waals surface area contributed by atoms with Crippen molar-refractivity contribution in [3.05, 3.63) is 20.7 Å². The lowest BCUT2D eigenvalue weighted by Crippen LogP contribution is -2.33. The van der Waals surface area contributed by atoms with Gasteiger partial charge in [0.2, 0.25) is 5.91 Å². The van der Waals surface area contributed by atoms with Gasteiger partial charge in [0, 0.05) is 19.2 Å². The van der Waals surface area contributed by atoms with Gasteiger partial charge in [-0.2, -0.15) is 4.98 Å². The van der Waals surface area contributed by atoms with Crippen LogP contribution in [-0.4, -0.2) is 26.4 Å². The molecule has 1 aromatic heterocycles. The summed E-state index contributed by atoms with van der Waals surface area (Å²) in [5.74, 6) is 5.44. The van der Waals surface area contributed by atoms with Crippen LogP contribution in [0.15, 0.2) is 14.7 Å². The predicted octanol–water partition coefficient (Wildman–Crippen LogP) is -1.28. The maximum Gasteiger partial charge on any atom is 0.339 e. The number of H-pyrrole nitrogens is 1. The summed E-state index contributed by atoms with van der Waals surface area (Å²) >= 11 is 1.35. The third-order valence-electron chi connectivity index (χ3n) is 2.14. The Hall–Kier alpha value is -1.61. The quantitative estimate of drug-likeness (QED) is 0.148. The molecule has 0 fully saturated rings. The molecule has 0 aliphatic carbocycles. The third kappa shape index (κ3) is 4.34. The Morgan fingerprint density at radius 2 is 2.22 bits per heavy atom. The number of aryl methyl sites for hydroxylation is 1. The Morgan fingerprint density at radius 3 is 2.89 bits per heavy atom. The van der Waals surface area contributed by atoms with Crippen molar-refractivity contribution < 1.29 is 4.79 Å². The number of nitrogens with one attached hydrogen (secondary N) is 2. The van der Waals surface area contributed by atoms with E-state index in [1.165, 1.54) is 16.4 Å². The number of nitrogens with zero attached hydrogens (tertiary/aromatic N) is 2. The summed E-state index contributed by atoms with van der Waals surface area (Å²) in [4.78, 5) is 36.5. The number of aromatic nitrogens is 3. The van der Waals surface area contributed by atoms with Crippen LogP contribution in [0.25, 0.3) is 0 Å². The SMILES string of the molecule is Cn1[nH]c(=O)c(=O)nc1SCCCCC(=O)NN. The van der Waals surface area contributed by atoms with Gasteiger partial charge in [0.05, 0.1) is 0 Å². The number of unbranched alkanes of at least 4 members (excludes halogenated alkanes) is 1. The van der Waals surface area contributed by atoms with E-state index >= 15 is 0 Å². The first-order valence-corrected chi connectivity index (χ1v) is 6.32. The van der Waals surface area contributed by atoms with E-state index < -0.39 is 11.1 Å². The lowest BCUT2D eigenvalue weighted by atomic mass is 10.2. The summed E-state index contributed by atoms with van der Waals surface area (Å²) in [6.45, 7) is 0. The van der Waals surface area contributed by atoms with Gasteiger partial charge < -0.3 is 0 Å². The highest BCUT2D eigenvalue weighted by atomic mass is 32.2. The van der Waals surface area contributed by atoms with Crippen LogP contribution in [0.5, 0.6) is 0 Å². The number of hydrazine groups is 1. The molecule has 0 aliphatic rings. The zero-order valence-corrected chi connectivity index (χ0v) is 10.7. The van der Waals surface area contributed by atoms with Gasteiger partial charge >= 0.3 is 11.1 Å². The zero-order valence-electron chi connectivity index (χ0n) is 9.93. The molecule has 0 saturated carbocycles. The Bertz CT molecular complexity index is 524. The van der Waals surface area contributed by atoms with Gasteiger partial charge in [-0.05, 0) is 12.8 Å². The second kappa shape index (κ2) is 6.97. The number of hydrogen-bond acceptors (Lipinski definition) is 6. The van der Waals surface area contributed by atoms with Crippen molar-refractivity contribution in [1.82, 2.24) is 20.2 Å². The second-order valence-corrected chi connectivity index (χ2v) is 4.63. The topological polar surface area (TPSA) is 123 Å². The highest BCUT2D eigenvalue weighted by Crippen LogP contribution is 2.13. The van der Waals surface area contributed by atoms with Crippen LogP contribution in [0.3, 0.4) is 0 Å². The summed E-state index contributed by atoms with van der Waals surface area (Å²) < 4.78 is 1.40. The highest BCUT2D eigenvalue weighted by Gasteiger charge is 2.04. The van der Waals surface area contributed by atoms with E-state index in [2.05, 4.69) is 15.5 Å². The number of rotatable bonds is 6. The van der Waals surface area contributed by atoms with Crippen molar-refractivity contribution >= 4 is 17.7 Å². The first-order valence-electron chi connectivity index (χ1n) is 5.34. The maximum absolute atomic E-state index is 11.1. The predicted molar refractivity (Wildman–Crippen MR) is 67.0 cm³/mol. The minimum absolute atomic E-state index is 0.199. The molecule has 4 N–H and O–H groups in total. The Balaban J connectivity index is 2.40. The van der Waals surface area contributed by atoms with E-state index in [9.17, 15) is 14.4 Å². The molecule has 1 rings (SSSR count). The minimum Gasteiger partial charge on any atom is -0.294 e. The number of hydrogen-bond donors (Lipinski definition) is 3. The Kier molecular flexibility index (Phi) is 5.59. The van der Waals surface area contributed by atoms with Gasteiger partial charge in [-0.15, -0.1) is 0 Å². The van der Waals surface area contributed by atoms with E-state index in [4.69, 9.17) is 5.84 Å². The summed E-state index contributed by atoms with van der Waals surface area (Å²) in [6.07, 6.45) is 1.86. The molecule has 0 bridgehead atoms. The molecule has 0 saturated heterocycles. The fraction of sp³-hybridized carbons (Fsp3) is 0.556. The lowest BCUT2D eigenvalue weighted by molar-refractivity contribution is -0.121. The standard InChI is InChI=1S/C9H15N5O3S/c1-14-9(11-7(16)8(17)13-14)18-5-3-2-4-6(15)12-10/h2-5,10H2,1H3,(H,12,15)(H,13,17). The molecule has 8 nitrogen and oxygen atoms in total. The molecule has 18 heavy (non-hydrogen) atoms. The van der Waals surface area contributed by atoms with Gasteiger partial charge in [0.15, 0.2) is 5.16 Å². The summed E-state index contributed by atoms with van der Waals surface area (Å²) in [6, 6.07) is 0. The van der Waals surface area contributed by atoms with Crippen LogP contribution in [0.1, 0.15) is 19.3 Å². The average molecular weight is 273 g/mol. The van der Waals surface area contributed by atoms with Gasteiger partial charge in [0.1, 0.15) is 0 Å². The number of aromatic amines is 1. The molecule has 0 atom stereocenters. The molecule has 0 radical (unpaired) electrons. The van der Waals surface area contributed by atoms with E-state index in [1.54, 1.807) is 7.05 Å². The van der Waals surface area contributed by atoms with Crippen molar-refractivity contribution in [2.75, 3.05) is 5.75 Å². The second-order valence-electron chi connectivity index (χ2n) is 3.57. The molecule has 0 aliphatic heterocycles. The van der Waals surface area contributed by atoms with Crippen LogP contribution in [-0.2, 0) is 11.8 Å².